The van der Waals surface area contributed by atoms with Gasteiger partial charge in [0.2, 0.25) is 0 Å². The van der Waals surface area contributed by atoms with E-state index in [0.717, 1.165) is 11.1 Å². The number of hydrogen-bond donors (Lipinski definition) is 4. The van der Waals surface area contributed by atoms with Gasteiger partial charge >= 0.3 is 0 Å². The molecule has 4 N–H and O–H groups in total. The van der Waals surface area contributed by atoms with Crippen molar-refractivity contribution in [1.29, 1.82) is 0 Å². The van der Waals surface area contributed by atoms with Crippen LogP contribution in [0, 0.1) is 0 Å². The highest BCUT2D eigenvalue weighted by molar-refractivity contribution is 7.92. The van der Waals surface area contributed by atoms with Gasteiger partial charge in [0.15, 0.2) is 9.84 Å². The maximum atomic E-state index is 12.1. The third-order valence-corrected chi connectivity index (χ3v) is 7.16. The maximum absolute atomic E-state index is 12.1. The first-order valence-electron chi connectivity index (χ1n) is 8.74. The standard InChI is InChI=1S/C19H25ClO6S/c1-2-12(7-13-4-5-15(23)8-16(13)20)3-6-17(24)19-14(9-21)11-27(25,26)18(19)10-22/h4-5,7-8,17-18,21-24H,2-3,6,9-11H2,1H3/b12-7+/t17-,18+/m1/s1. The van der Waals surface area contributed by atoms with Crippen molar-refractivity contribution in [3.63, 3.8) is 0 Å². The molecular formula is C19H25ClO6S. The Morgan fingerprint density at radius 3 is 2.63 bits per heavy atom. The normalized spacial score (nSPS) is 20.9. The van der Waals surface area contributed by atoms with Gasteiger partial charge in [-0.25, -0.2) is 8.42 Å². The summed E-state index contributed by atoms with van der Waals surface area (Å²) in [5.74, 6) is -0.257. The van der Waals surface area contributed by atoms with Crippen LogP contribution in [-0.4, -0.2) is 59.2 Å². The number of aliphatic hydroxyl groups is 3. The van der Waals surface area contributed by atoms with Crippen LogP contribution in [0.25, 0.3) is 6.08 Å². The van der Waals surface area contributed by atoms with Crippen molar-refractivity contribution in [2.45, 2.75) is 37.5 Å². The molecule has 2 rings (SSSR count). The van der Waals surface area contributed by atoms with Crippen LogP contribution in [0.15, 0.2) is 34.9 Å². The van der Waals surface area contributed by atoms with Crippen LogP contribution in [0.1, 0.15) is 31.7 Å². The molecule has 1 aromatic carbocycles. The second-order valence-electron chi connectivity index (χ2n) is 6.61. The maximum Gasteiger partial charge on any atom is 0.163 e. The number of phenolic OH excluding ortho intramolecular Hbond substituents is 1. The molecule has 0 radical (unpaired) electrons. The molecule has 0 saturated carbocycles. The summed E-state index contributed by atoms with van der Waals surface area (Å²) in [5.41, 5.74) is 2.23. The Morgan fingerprint density at radius 1 is 1.37 bits per heavy atom. The van der Waals surface area contributed by atoms with Crippen molar-refractivity contribution in [2.75, 3.05) is 19.0 Å². The Bertz CT molecular complexity index is 844. The number of sulfone groups is 1. The van der Waals surface area contributed by atoms with E-state index in [4.69, 9.17) is 11.6 Å². The van der Waals surface area contributed by atoms with Crippen molar-refractivity contribution >= 4 is 27.5 Å². The summed E-state index contributed by atoms with van der Waals surface area (Å²) in [4.78, 5) is 0. The van der Waals surface area contributed by atoms with E-state index in [-0.39, 0.29) is 29.1 Å². The van der Waals surface area contributed by atoms with E-state index in [1.54, 1.807) is 6.07 Å². The van der Waals surface area contributed by atoms with Crippen LogP contribution in [0.5, 0.6) is 5.75 Å². The second kappa shape index (κ2) is 9.21. The summed E-state index contributed by atoms with van der Waals surface area (Å²) in [6, 6.07) is 4.68. The van der Waals surface area contributed by atoms with Gasteiger partial charge in [0.1, 0.15) is 11.0 Å². The summed E-state index contributed by atoms with van der Waals surface area (Å²) < 4.78 is 24.2. The third-order valence-electron chi connectivity index (χ3n) is 4.82. The number of hydrogen-bond acceptors (Lipinski definition) is 6. The largest absolute Gasteiger partial charge is 0.508 e. The minimum atomic E-state index is -3.59. The predicted molar refractivity (Wildman–Crippen MR) is 105 cm³/mol. The molecule has 150 valence electrons. The quantitative estimate of drug-likeness (QED) is 0.482. The average Bonchev–Trinajstić information content (AvgIpc) is 2.89. The highest BCUT2D eigenvalue weighted by Crippen LogP contribution is 2.32. The number of aliphatic hydroxyl groups excluding tert-OH is 3. The van der Waals surface area contributed by atoms with E-state index in [1.165, 1.54) is 12.1 Å². The zero-order chi connectivity index (χ0) is 20.2. The first-order chi connectivity index (χ1) is 12.7. The van der Waals surface area contributed by atoms with Gasteiger partial charge in [0.05, 0.1) is 30.1 Å². The van der Waals surface area contributed by atoms with E-state index in [1.807, 2.05) is 13.0 Å². The molecule has 0 aromatic heterocycles. The molecule has 0 fully saturated rings. The monoisotopic (exact) mass is 416 g/mol. The summed E-state index contributed by atoms with van der Waals surface area (Å²) in [6.45, 7) is 0.890. The lowest BCUT2D eigenvalue weighted by Crippen LogP contribution is -2.29. The number of halogens is 1. The Labute approximate surface area is 164 Å². The fraction of sp³-hybridized carbons (Fsp3) is 0.474. The molecule has 0 saturated heterocycles. The summed E-state index contributed by atoms with van der Waals surface area (Å²) in [7, 11) is -3.59. The Kier molecular flexibility index (Phi) is 7.47. The molecule has 1 aliphatic heterocycles. The van der Waals surface area contributed by atoms with Crippen LogP contribution < -0.4 is 0 Å². The molecule has 8 heteroatoms. The van der Waals surface area contributed by atoms with Gasteiger partial charge in [-0.15, -0.1) is 0 Å². The Balaban J connectivity index is 2.17. The average molecular weight is 417 g/mol. The van der Waals surface area contributed by atoms with Crippen LogP contribution in [0.2, 0.25) is 5.02 Å². The van der Waals surface area contributed by atoms with Gasteiger partial charge < -0.3 is 20.4 Å². The number of benzene rings is 1. The van der Waals surface area contributed by atoms with E-state index in [2.05, 4.69) is 0 Å². The number of aromatic hydroxyl groups is 1. The van der Waals surface area contributed by atoms with E-state index in [9.17, 15) is 28.8 Å². The number of allylic oxidation sites excluding steroid dienone is 1. The summed E-state index contributed by atoms with van der Waals surface area (Å²) in [6.07, 6.45) is 2.28. The molecule has 0 bridgehead atoms. The Hall–Kier alpha value is -1.38. The van der Waals surface area contributed by atoms with E-state index in [0.29, 0.717) is 17.9 Å². The van der Waals surface area contributed by atoms with Gasteiger partial charge in [-0.1, -0.05) is 30.2 Å². The van der Waals surface area contributed by atoms with E-state index < -0.39 is 34.4 Å². The SMILES string of the molecule is CC/C(=C\c1ccc(O)cc1Cl)CC[C@@H](O)C1=C(CO)CS(=O)(=O)[C@H]1CO. The topological polar surface area (TPSA) is 115 Å². The van der Waals surface area contributed by atoms with Crippen molar-refractivity contribution < 1.29 is 28.8 Å². The summed E-state index contributed by atoms with van der Waals surface area (Å²) in [5, 5.41) is 38.1. The minimum absolute atomic E-state index is 0.0755. The minimum Gasteiger partial charge on any atom is -0.508 e. The molecular weight excluding hydrogens is 392 g/mol. The Morgan fingerprint density at radius 2 is 2.07 bits per heavy atom. The van der Waals surface area contributed by atoms with Gasteiger partial charge in [-0.05, 0) is 54.2 Å². The molecule has 0 spiro atoms. The van der Waals surface area contributed by atoms with Crippen LogP contribution in [0.4, 0.5) is 0 Å². The van der Waals surface area contributed by atoms with Gasteiger partial charge in [-0.2, -0.15) is 0 Å². The van der Waals surface area contributed by atoms with Crippen molar-refractivity contribution in [2.24, 2.45) is 0 Å². The van der Waals surface area contributed by atoms with Gasteiger partial charge in [-0.3, -0.25) is 0 Å². The molecule has 0 amide bonds. The van der Waals surface area contributed by atoms with Crippen LogP contribution >= 0.6 is 11.6 Å². The molecule has 27 heavy (non-hydrogen) atoms. The molecule has 0 unspecified atom stereocenters. The van der Waals surface area contributed by atoms with Crippen molar-refractivity contribution in [1.82, 2.24) is 0 Å². The van der Waals surface area contributed by atoms with Gasteiger partial charge in [0, 0.05) is 0 Å². The second-order valence-corrected chi connectivity index (χ2v) is 9.20. The van der Waals surface area contributed by atoms with Crippen molar-refractivity contribution in [3.8, 4) is 5.75 Å². The fourth-order valence-electron chi connectivity index (χ4n) is 3.33. The molecule has 0 aliphatic carbocycles. The molecule has 1 heterocycles. The number of phenols is 1. The summed E-state index contributed by atoms with van der Waals surface area (Å²) >= 11 is 6.12. The highest BCUT2D eigenvalue weighted by atomic mass is 35.5. The van der Waals surface area contributed by atoms with Crippen molar-refractivity contribution in [3.05, 3.63) is 45.5 Å². The van der Waals surface area contributed by atoms with Gasteiger partial charge in [0.25, 0.3) is 0 Å². The number of rotatable bonds is 8. The highest BCUT2D eigenvalue weighted by Gasteiger charge is 2.40. The van der Waals surface area contributed by atoms with Crippen LogP contribution in [-0.2, 0) is 9.84 Å². The predicted octanol–water partition coefficient (Wildman–Crippen LogP) is 2.06. The lowest BCUT2D eigenvalue weighted by molar-refractivity contribution is 0.186. The molecule has 6 nitrogen and oxygen atoms in total. The first-order valence-corrected chi connectivity index (χ1v) is 10.8. The third kappa shape index (κ3) is 5.12. The lowest BCUT2D eigenvalue weighted by atomic mass is 9.94. The molecule has 2 atom stereocenters. The zero-order valence-corrected chi connectivity index (χ0v) is 16.7. The smallest absolute Gasteiger partial charge is 0.163 e. The van der Waals surface area contributed by atoms with Crippen LogP contribution in [0.3, 0.4) is 0 Å². The van der Waals surface area contributed by atoms with E-state index >= 15 is 0 Å². The first kappa shape index (κ1) is 21.9. The zero-order valence-electron chi connectivity index (χ0n) is 15.1. The fourth-order valence-corrected chi connectivity index (χ4v) is 5.44. The molecule has 1 aromatic rings. The lowest BCUT2D eigenvalue weighted by Gasteiger charge is -2.19. The molecule has 1 aliphatic rings.